The molecular formula is C12H13ClF3NO2. The van der Waals surface area contributed by atoms with E-state index in [4.69, 9.17) is 21.2 Å². The van der Waals surface area contributed by atoms with Gasteiger partial charge in [0.2, 0.25) is 0 Å². The number of ether oxygens (including phenoxy) is 1. The van der Waals surface area contributed by atoms with Crippen LogP contribution < -0.4 is 0 Å². The molecule has 1 rings (SSSR count). The van der Waals surface area contributed by atoms with Gasteiger partial charge < -0.3 is 9.57 Å². The monoisotopic (exact) mass is 295 g/mol. The Morgan fingerprint density at radius 3 is 2.58 bits per heavy atom. The fourth-order valence-corrected chi connectivity index (χ4v) is 1.55. The third-order valence-corrected chi connectivity index (χ3v) is 2.49. The van der Waals surface area contributed by atoms with E-state index in [1.54, 1.807) is 0 Å². The maximum absolute atomic E-state index is 12.8. The molecule has 0 radical (unpaired) electrons. The van der Waals surface area contributed by atoms with Crippen LogP contribution in [0, 0.1) is 0 Å². The third kappa shape index (κ3) is 4.72. The molecule has 0 heterocycles. The highest BCUT2D eigenvalue weighted by molar-refractivity contribution is 6.31. The average Bonchev–Trinajstić information content (AvgIpc) is 2.32. The molecule has 0 amide bonds. The van der Waals surface area contributed by atoms with Crippen molar-refractivity contribution in [1.82, 2.24) is 0 Å². The van der Waals surface area contributed by atoms with Crippen LogP contribution in [0.2, 0.25) is 5.02 Å². The number of alkyl halides is 3. The highest BCUT2D eigenvalue weighted by Gasteiger charge is 2.34. The van der Waals surface area contributed by atoms with Crippen molar-refractivity contribution < 1.29 is 22.7 Å². The number of halogens is 4. The van der Waals surface area contributed by atoms with Crippen molar-refractivity contribution in [1.29, 1.82) is 0 Å². The molecule has 0 aliphatic rings. The molecule has 0 bridgehead atoms. The van der Waals surface area contributed by atoms with Crippen LogP contribution in [0.15, 0.2) is 23.4 Å². The van der Waals surface area contributed by atoms with Gasteiger partial charge in [0, 0.05) is 17.7 Å². The molecule has 106 valence electrons. The normalized spacial score (nSPS) is 12.6. The molecule has 0 spiro atoms. The van der Waals surface area contributed by atoms with E-state index in [1.165, 1.54) is 26.2 Å². The first-order valence-electron chi connectivity index (χ1n) is 5.39. The van der Waals surface area contributed by atoms with E-state index in [0.717, 1.165) is 6.07 Å². The average molecular weight is 296 g/mol. The number of methoxy groups -OCH3 is 1. The van der Waals surface area contributed by atoms with Gasteiger partial charge in [-0.2, -0.15) is 13.2 Å². The van der Waals surface area contributed by atoms with Gasteiger partial charge in [-0.15, -0.1) is 0 Å². The minimum atomic E-state index is -4.47. The summed E-state index contributed by atoms with van der Waals surface area (Å²) in [5.74, 6) is 0. The van der Waals surface area contributed by atoms with Gasteiger partial charge in [-0.05, 0) is 25.1 Å². The van der Waals surface area contributed by atoms with E-state index in [9.17, 15) is 13.2 Å². The SMILES string of the molecule is COCCO/N=C(\C)c1cc(Cl)ccc1C(F)(F)F. The second-order valence-corrected chi connectivity index (χ2v) is 4.13. The Hall–Kier alpha value is -1.27. The van der Waals surface area contributed by atoms with E-state index in [0.29, 0.717) is 6.61 Å². The van der Waals surface area contributed by atoms with Gasteiger partial charge >= 0.3 is 6.18 Å². The van der Waals surface area contributed by atoms with E-state index in [2.05, 4.69) is 5.16 Å². The van der Waals surface area contributed by atoms with Crippen LogP contribution >= 0.6 is 11.6 Å². The summed E-state index contributed by atoms with van der Waals surface area (Å²) in [6.45, 7) is 1.89. The maximum atomic E-state index is 12.8. The first kappa shape index (κ1) is 15.8. The smallest absolute Gasteiger partial charge is 0.393 e. The molecule has 1 aromatic carbocycles. The zero-order chi connectivity index (χ0) is 14.5. The number of benzene rings is 1. The van der Waals surface area contributed by atoms with Gasteiger partial charge in [0.15, 0.2) is 0 Å². The van der Waals surface area contributed by atoms with Gasteiger partial charge in [0.1, 0.15) is 6.61 Å². The van der Waals surface area contributed by atoms with Crippen molar-refractivity contribution >= 4 is 17.3 Å². The molecule has 0 saturated heterocycles. The van der Waals surface area contributed by atoms with Crippen molar-refractivity contribution in [2.45, 2.75) is 13.1 Å². The first-order valence-corrected chi connectivity index (χ1v) is 5.76. The number of oxime groups is 1. The Bertz CT molecular complexity index is 461. The van der Waals surface area contributed by atoms with Gasteiger partial charge in [-0.25, -0.2) is 0 Å². The number of hydrogen-bond acceptors (Lipinski definition) is 3. The maximum Gasteiger partial charge on any atom is 0.417 e. The van der Waals surface area contributed by atoms with E-state index in [-0.39, 0.29) is 22.9 Å². The topological polar surface area (TPSA) is 30.8 Å². The lowest BCUT2D eigenvalue weighted by molar-refractivity contribution is -0.137. The second kappa shape index (κ2) is 6.77. The summed E-state index contributed by atoms with van der Waals surface area (Å²) in [5, 5.41) is 3.83. The third-order valence-electron chi connectivity index (χ3n) is 2.26. The van der Waals surface area contributed by atoms with Crippen LogP contribution in [-0.2, 0) is 15.8 Å². The van der Waals surface area contributed by atoms with Crippen molar-refractivity contribution in [2.75, 3.05) is 20.3 Å². The fourth-order valence-electron chi connectivity index (χ4n) is 1.38. The van der Waals surface area contributed by atoms with Crippen LogP contribution in [0.4, 0.5) is 13.2 Å². The number of hydrogen-bond donors (Lipinski definition) is 0. The molecular weight excluding hydrogens is 283 g/mol. The summed E-state index contributed by atoms with van der Waals surface area (Å²) in [6, 6.07) is 3.32. The summed E-state index contributed by atoms with van der Waals surface area (Å²) in [6.07, 6.45) is -4.47. The summed E-state index contributed by atoms with van der Waals surface area (Å²) in [4.78, 5) is 4.85. The van der Waals surface area contributed by atoms with Crippen molar-refractivity contribution in [2.24, 2.45) is 5.16 Å². The van der Waals surface area contributed by atoms with Crippen molar-refractivity contribution in [3.05, 3.63) is 34.3 Å². The highest BCUT2D eigenvalue weighted by Crippen LogP contribution is 2.33. The number of nitrogens with zero attached hydrogens (tertiary/aromatic N) is 1. The van der Waals surface area contributed by atoms with Crippen LogP contribution in [0.5, 0.6) is 0 Å². The Kier molecular flexibility index (Phi) is 5.62. The van der Waals surface area contributed by atoms with Crippen LogP contribution in [-0.4, -0.2) is 26.0 Å². The minimum absolute atomic E-state index is 0.0996. The Morgan fingerprint density at radius 1 is 1.32 bits per heavy atom. The molecule has 0 N–H and O–H groups in total. The summed E-state index contributed by atoms with van der Waals surface area (Å²) in [7, 11) is 1.48. The predicted octanol–water partition coefficient (Wildman–Crippen LogP) is 3.75. The molecule has 0 aliphatic heterocycles. The number of rotatable bonds is 5. The molecule has 0 atom stereocenters. The van der Waals surface area contributed by atoms with Crippen molar-refractivity contribution in [3.63, 3.8) is 0 Å². The largest absolute Gasteiger partial charge is 0.417 e. The quantitative estimate of drug-likeness (QED) is 0.470. The lowest BCUT2D eigenvalue weighted by atomic mass is 10.0. The molecule has 0 saturated carbocycles. The molecule has 0 fully saturated rings. The standard InChI is InChI=1S/C12H13ClF3NO2/c1-8(17-19-6-5-18-2)10-7-9(13)3-4-11(10)12(14,15)16/h3-4,7H,5-6H2,1-2H3/b17-8+. The fraction of sp³-hybridized carbons (Fsp3) is 0.417. The summed E-state index contributed by atoms with van der Waals surface area (Å²) >= 11 is 5.71. The molecule has 0 unspecified atom stereocenters. The first-order chi connectivity index (χ1) is 8.86. The van der Waals surface area contributed by atoms with E-state index < -0.39 is 11.7 Å². The summed E-state index contributed by atoms with van der Waals surface area (Å²) in [5.41, 5.74) is -0.795. The van der Waals surface area contributed by atoms with Crippen LogP contribution in [0.25, 0.3) is 0 Å². The second-order valence-electron chi connectivity index (χ2n) is 3.69. The predicted molar refractivity (Wildman–Crippen MR) is 66.5 cm³/mol. The Labute approximate surface area is 113 Å². The Morgan fingerprint density at radius 2 is 2.00 bits per heavy atom. The van der Waals surface area contributed by atoms with Crippen molar-refractivity contribution in [3.8, 4) is 0 Å². The lowest BCUT2D eigenvalue weighted by Crippen LogP contribution is -2.12. The van der Waals surface area contributed by atoms with E-state index in [1.807, 2.05) is 0 Å². The van der Waals surface area contributed by atoms with Crippen LogP contribution in [0.1, 0.15) is 18.1 Å². The van der Waals surface area contributed by atoms with Gasteiger partial charge in [-0.1, -0.05) is 16.8 Å². The van der Waals surface area contributed by atoms with Crippen LogP contribution in [0.3, 0.4) is 0 Å². The van der Waals surface area contributed by atoms with Gasteiger partial charge in [0.25, 0.3) is 0 Å². The molecule has 0 aliphatic carbocycles. The zero-order valence-electron chi connectivity index (χ0n) is 10.4. The molecule has 7 heteroatoms. The van der Waals surface area contributed by atoms with E-state index >= 15 is 0 Å². The Balaban J connectivity index is 3.00. The zero-order valence-corrected chi connectivity index (χ0v) is 11.2. The molecule has 0 aromatic heterocycles. The summed E-state index contributed by atoms with van der Waals surface area (Å²) < 4.78 is 43.2. The molecule has 3 nitrogen and oxygen atoms in total. The van der Waals surface area contributed by atoms with Gasteiger partial charge in [-0.3, -0.25) is 0 Å². The van der Waals surface area contributed by atoms with Gasteiger partial charge in [0.05, 0.1) is 17.9 Å². The minimum Gasteiger partial charge on any atom is -0.393 e. The highest BCUT2D eigenvalue weighted by atomic mass is 35.5. The molecule has 1 aromatic rings. The lowest BCUT2D eigenvalue weighted by Gasteiger charge is -2.12. The molecule has 19 heavy (non-hydrogen) atoms.